The van der Waals surface area contributed by atoms with Gasteiger partial charge in [-0.2, -0.15) is 5.26 Å². The molecule has 1 fully saturated rings. The minimum atomic E-state index is -0.579. The van der Waals surface area contributed by atoms with E-state index in [2.05, 4.69) is 16.9 Å². The number of amides is 1. The molecule has 4 heteroatoms. The van der Waals surface area contributed by atoms with Crippen molar-refractivity contribution in [2.45, 2.75) is 31.2 Å². The molecule has 1 amide bonds. The average Bonchev–Trinajstić information content (AvgIpc) is 2.86. The fourth-order valence-corrected chi connectivity index (χ4v) is 2.08. The molecule has 1 saturated carbocycles. The van der Waals surface area contributed by atoms with Gasteiger partial charge in [0.15, 0.2) is 0 Å². The second-order valence-corrected chi connectivity index (χ2v) is 4.35. The van der Waals surface area contributed by atoms with E-state index in [-0.39, 0.29) is 5.91 Å². The molecule has 0 saturated heterocycles. The molecule has 1 aliphatic carbocycles. The predicted molar refractivity (Wildman–Crippen MR) is 63.9 cm³/mol. The third-order valence-corrected chi connectivity index (χ3v) is 3.12. The summed E-state index contributed by atoms with van der Waals surface area (Å²) in [5, 5.41) is 9.14. The van der Waals surface area contributed by atoms with Gasteiger partial charge in [-0.25, -0.2) is 5.43 Å². The summed E-state index contributed by atoms with van der Waals surface area (Å²) < 4.78 is 0. The quantitative estimate of drug-likeness (QED) is 0.776. The number of nitrogens with zero attached hydrogens (tertiary/aromatic N) is 1. The monoisotopic (exact) mass is 229 g/mol. The maximum Gasteiger partial charge on any atom is 0.265 e. The first-order valence-corrected chi connectivity index (χ1v) is 5.80. The molecule has 1 aromatic rings. The molecule has 4 nitrogen and oxygen atoms in total. The van der Waals surface area contributed by atoms with Crippen LogP contribution in [0.2, 0.25) is 0 Å². The molecule has 0 atom stereocenters. The van der Waals surface area contributed by atoms with Crippen molar-refractivity contribution in [2.75, 3.05) is 0 Å². The van der Waals surface area contributed by atoms with Crippen molar-refractivity contribution >= 4 is 5.91 Å². The largest absolute Gasteiger partial charge is 0.286 e. The van der Waals surface area contributed by atoms with Crippen LogP contribution in [0.1, 0.15) is 36.0 Å². The number of hydrogen-bond acceptors (Lipinski definition) is 3. The number of hydrazine groups is 1. The zero-order valence-corrected chi connectivity index (χ0v) is 9.57. The smallest absolute Gasteiger partial charge is 0.265 e. The molecule has 0 aliphatic heterocycles. The topological polar surface area (TPSA) is 64.9 Å². The first-order chi connectivity index (χ1) is 8.26. The van der Waals surface area contributed by atoms with Gasteiger partial charge in [0, 0.05) is 5.56 Å². The molecular weight excluding hydrogens is 214 g/mol. The van der Waals surface area contributed by atoms with Crippen molar-refractivity contribution in [3.05, 3.63) is 35.9 Å². The maximum absolute atomic E-state index is 11.8. The van der Waals surface area contributed by atoms with E-state index in [0.29, 0.717) is 5.56 Å². The first kappa shape index (κ1) is 11.6. The van der Waals surface area contributed by atoms with Gasteiger partial charge in [0.2, 0.25) is 0 Å². The molecule has 2 rings (SSSR count). The Bertz CT molecular complexity index is 430. The van der Waals surface area contributed by atoms with Crippen LogP contribution in [-0.4, -0.2) is 11.4 Å². The molecule has 88 valence electrons. The Morgan fingerprint density at radius 1 is 1.24 bits per heavy atom. The second-order valence-electron chi connectivity index (χ2n) is 4.35. The standard InChI is InChI=1S/C13H15N3O/c14-10-13(8-4-5-9-13)16-15-12(17)11-6-2-1-3-7-11/h1-3,6-7,16H,4-5,8-9H2,(H,15,17). The van der Waals surface area contributed by atoms with Crippen LogP contribution in [0.25, 0.3) is 0 Å². The lowest BCUT2D eigenvalue weighted by molar-refractivity contribution is 0.0916. The third kappa shape index (κ3) is 2.63. The van der Waals surface area contributed by atoms with E-state index in [0.717, 1.165) is 25.7 Å². The van der Waals surface area contributed by atoms with Crippen LogP contribution in [0.4, 0.5) is 0 Å². The third-order valence-electron chi connectivity index (χ3n) is 3.12. The minimum Gasteiger partial charge on any atom is -0.286 e. The molecule has 0 spiro atoms. The van der Waals surface area contributed by atoms with Crippen LogP contribution in [-0.2, 0) is 0 Å². The average molecular weight is 229 g/mol. The van der Waals surface area contributed by atoms with Crippen molar-refractivity contribution in [3.8, 4) is 6.07 Å². The highest BCUT2D eigenvalue weighted by atomic mass is 16.2. The van der Waals surface area contributed by atoms with Crippen molar-refractivity contribution < 1.29 is 4.79 Å². The Hall–Kier alpha value is -1.86. The summed E-state index contributed by atoms with van der Waals surface area (Å²) in [6.07, 6.45) is 3.64. The highest BCUT2D eigenvalue weighted by molar-refractivity contribution is 5.93. The summed E-state index contributed by atoms with van der Waals surface area (Å²) in [5.41, 5.74) is 5.51. The summed E-state index contributed by atoms with van der Waals surface area (Å²) >= 11 is 0. The highest BCUT2D eigenvalue weighted by Gasteiger charge is 2.34. The van der Waals surface area contributed by atoms with Crippen LogP contribution in [0.15, 0.2) is 30.3 Å². The van der Waals surface area contributed by atoms with Crippen LogP contribution in [0.3, 0.4) is 0 Å². The minimum absolute atomic E-state index is 0.202. The molecule has 0 unspecified atom stereocenters. The Balaban J connectivity index is 1.95. The van der Waals surface area contributed by atoms with Crippen molar-refractivity contribution in [1.82, 2.24) is 10.9 Å². The molecule has 0 aromatic heterocycles. The van der Waals surface area contributed by atoms with Gasteiger partial charge in [-0.15, -0.1) is 0 Å². The van der Waals surface area contributed by atoms with Crippen molar-refractivity contribution in [2.24, 2.45) is 0 Å². The lowest BCUT2D eigenvalue weighted by Crippen LogP contribution is -2.51. The molecule has 0 heterocycles. The first-order valence-electron chi connectivity index (χ1n) is 5.80. The molecule has 17 heavy (non-hydrogen) atoms. The fraction of sp³-hybridized carbons (Fsp3) is 0.385. The molecular formula is C13H15N3O. The summed E-state index contributed by atoms with van der Waals surface area (Å²) in [5.74, 6) is -0.202. The number of rotatable bonds is 3. The van der Waals surface area contributed by atoms with E-state index in [4.69, 9.17) is 5.26 Å². The van der Waals surface area contributed by atoms with Crippen LogP contribution >= 0.6 is 0 Å². The number of hydrogen-bond donors (Lipinski definition) is 2. The zero-order valence-electron chi connectivity index (χ0n) is 9.57. The van der Waals surface area contributed by atoms with Crippen LogP contribution in [0.5, 0.6) is 0 Å². The zero-order chi connectivity index (χ0) is 12.1. The van der Waals surface area contributed by atoms with Gasteiger partial charge in [-0.05, 0) is 25.0 Å². The van der Waals surface area contributed by atoms with Gasteiger partial charge in [-0.3, -0.25) is 10.2 Å². The van der Waals surface area contributed by atoms with E-state index >= 15 is 0 Å². The number of carbonyl (C=O) groups excluding carboxylic acids is 1. The molecule has 2 N–H and O–H groups in total. The Morgan fingerprint density at radius 2 is 1.88 bits per heavy atom. The van der Waals surface area contributed by atoms with Gasteiger partial charge >= 0.3 is 0 Å². The Kier molecular flexibility index (Phi) is 3.40. The SMILES string of the molecule is N#CC1(NNC(=O)c2ccccc2)CCCC1. The number of carbonyl (C=O) groups is 1. The highest BCUT2D eigenvalue weighted by Crippen LogP contribution is 2.28. The van der Waals surface area contributed by atoms with Gasteiger partial charge in [0.05, 0.1) is 6.07 Å². The Labute approximate surface area is 101 Å². The van der Waals surface area contributed by atoms with E-state index in [1.807, 2.05) is 18.2 Å². The lowest BCUT2D eigenvalue weighted by atomic mass is 10.0. The van der Waals surface area contributed by atoms with Crippen molar-refractivity contribution in [3.63, 3.8) is 0 Å². The van der Waals surface area contributed by atoms with Gasteiger partial charge in [0.25, 0.3) is 5.91 Å². The predicted octanol–water partition coefficient (Wildman–Crippen LogP) is 1.76. The fourth-order valence-electron chi connectivity index (χ4n) is 2.08. The lowest BCUT2D eigenvalue weighted by Gasteiger charge is -2.22. The second kappa shape index (κ2) is 4.98. The molecule has 0 radical (unpaired) electrons. The molecule has 0 bridgehead atoms. The number of benzene rings is 1. The van der Waals surface area contributed by atoms with Gasteiger partial charge in [-0.1, -0.05) is 31.0 Å². The molecule has 1 aromatic carbocycles. The summed E-state index contributed by atoms with van der Waals surface area (Å²) in [6, 6.07) is 11.2. The van der Waals surface area contributed by atoms with E-state index in [1.54, 1.807) is 12.1 Å². The maximum atomic E-state index is 11.8. The summed E-state index contributed by atoms with van der Waals surface area (Å²) in [7, 11) is 0. The van der Waals surface area contributed by atoms with Crippen LogP contribution in [0, 0.1) is 11.3 Å². The normalized spacial score (nSPS) is 17.4. The van der Waals surface area contributed by atoms with Crippen LogP contribution < -0.4 is 10.9 Å². The van der Waals surface area contributed by atoms with Gasteiger partial charge < -0.3 is 0 Å². The summed E-state index contributed by atoms with van der Waals surface area (Å²) in [4.78, 5) is 11.8. The molecule has 1 aliphatic rings. The Morgan fingerprint density at radius 3 is 2.47 bits per heavy atom. The number of nitriles is 1. The van der Waals surface area contributed by atoms with E-state index in [1.165, 1.54) is 0 Å². The number of nitrogens with one attached hydrogen (secondary N) is 2. The summed E-state index contributed by atoms with van der Waals surface area (Å²) in [6.45, 7) is 0. The van der Waals surface area contributed by atoms with Gasteiger partial charge in [0.1, 0.15) is 5.54 Å². The van der Waals surface area contributed by atoms with E-state index in [9.17, 15) is 4.79 Å². The van der Waals surface area contributed by atoms with Crippen molar-refractivity contribution in [1.29, 1.82) is 5.26 Å². The van der Waals surface area contributed by atoms with E-state index < -0.39 is 5.54 Å².